The third-order valence-corrected chi connectivity index (χ3v) is 4.31. The molecule has 0 aliphatic heterocycles. The number of benzene rings is 1. The van der Waals surface area contributed by atoms with Gasteiger partial charge in [-0.05, 0) is 49.2 Å². The molecule has 0 radical (unpaired) electrons. The maximum atomic E-state index is 6.19. The van der Waals surface area contributed by atoms with Gasteiger partial charge in [0.2, 0.25) is 0 Å². The van der Waals surface area contributed by atoms with E-state index < -0.39 is 0 Å². The van der Waals surface area contributed by atoms with Crippen LogP contribution >= 0.6 is 27.5 Å². The normalized spacial score (nSPS) is 12.6. The monoisotopic (exact) mass is 369 g/mol. The van der Waals surface area contributed by atoms with Crippen LogP contribution in [-0.2, 0) is 6.54 Å². The molecule has 2 aromatic rings. The number of aryl methyl sites for hydroxylation is 1. The maximum absolute atomic E-state index is 6.19. The van der Waals surface area contributed by atoms with Crippen molar-refractivity contribution in [2.24, 2.45) is 0 Å². The molecule has 0 spiro atoms. The van der Waals surface area contributed by atoms with E-state index >= 15 is 0 Å². The molecule has 1 atom stereocenters. The van der Waals surface area contributed by atoms with Crippen molar-refractivity contribution in [3.63, 3.8) is 0 Å². The van der Waals surface area contributed by atoms with Crippen LogP contribution in [0.1, 0.15) is 44.0 Å². The maximum Gasteiger partial charge on any atom is 0.0759 e. The zero-order valence-corrected chi connectivity index (χ0v) is 14.8. The molecule has 0 saturated heterocycles. The zero-order valence-electron chi connectivity index (χ0n) is 12.4. The van der Waals surface area contributed by atoms with E-state index in [1.165, 1.54) is 5.69 Å². The number of rotatable bonds is 7. The fraction of sp³-hybridized carbons (Fsp3) is 0.438. The summed E-state index contributed by atoms with van der Waals surface area (Å²) in [5, 5.41) is 8.79. The summed E-state index contributed by atoms with van der Waals surface area (Å²) in [5.41, 5.74) is 2.32. The lowest BCUT2D eigenvalue weighted by molar-refractivity contribution is 0.511. The van der Waals surface area contributed by atoms with Crippen molar-refractivity contribution in [3.05, 3.63) is 51.2 Å². The number of hydrogen-bond acceptors (Lipinski definition) is 2. The summed E-state index contributed by atoms with van der Waals surface area (Å²) in [4.78, 5) is 0. The van der Waals surface area contributed by atoms with Gasteiger partial charge in [-0.3, -0.25) is 4.68 Å². The molecule has 0 aliphatic rings. The molecule has 5 heteroatoms. The SMILES string of the molecule is CCCNC(c1cc(Cl)ccc1Br)c1ccnn1CCC. The van der Waals surface area contributed by atoms with Crippen molar-refractivity contribution < 1.29 is 0 Å². The fourth-order valence-corrected chi connectivity index (χ4v) is 3.04. The van der Waals surface area contributed by atoms with Gasteiger partial charge < -0.3 is 5.32 Å². The molecule has 0 fully saturated rings. The van der Waals surface area contributed by atoms with E-state index in [0.29, 0.717) is 0 Å². The molecule has 1 aromatic carbocycles. The fourth-order valence-electron chi connectivity index (χ4n) is 2.39. The van der Waals surface area contributed by atoms with Crippen molar-refractivity contribution in [2.45, 2.75) is 39.3 Å². The second-order valence-corrected chi connectivity index (χ2v) is 6.32. The second kappa shape index (κ2) is 7.97. The van der Waals surface area contributed by atoms with Crippen LogP contribution in [-0.4, -0.2) is 16.3 Å². The van der Waals surface area contributed by atoms with E-state index in [9.17, 15) is 0 Å². The molecule has 3 nitrogen and oxygen atoms in total. The summed E-state index contributed by atoms with van der Waals surface area (Å²) in [6.45, 7) is 6.20. The van der Waals surface area contributed by atoms with Gasteiger partial charge in [0.05, 0.1) is 11.7 Å². The minimum Gasteiger partial charge on any atom is -0.305 e. The van der Waals surface area contributed by atoms with Crippen LogP contribution < -0.4 is 5.32 Å². The average molecular weight is 371 g/mol. The highest BCUT2D eigenvalue weighted by molar-refractivity contribution is 9.10. The Hall–Kier alpha value is -0.840. The molecular formula is C16H21BrClN3. The minimum atomic E-state index is 0.0899. The first-order chi connectivity index (χ1) is 10.2. The Balaban J connectivity index is 2.42. The lowest BCUT2D eigenvalue weighted by atomic mass is 10.0. The highest BCUT2D eigenvalue weighted by Gasteiger charge is 2.20. The van der Waals surface area contributed by atoms with Crippen molar-refractivity contribution in [1.82, 2.24) is 15.1 Å². The largest absolute Gasteiger partial charge is 0.305 e. The van der Waals surface area contributed by atoms with Crippen LogP contribution in [0.25, 0.3) is 0 Å². The first-order valence-corrected chi connectivity index (χ1v) is 8.54. The van der Waals surface area contributed by atoms with E-state index in [1.54, 1.807) is 0 Å². The minimum absolute atomic E-state index is 0.0899. The number of hydrogen-bond donors (Lipinski definition) is 1. The van der Waals surface area contributed by atoms with Gasteiger partial charge >= 0.3 is 0 Å². The third kappa shape index (κ3) is 4.09. The molecular weight excluding hydrogens is 350 g/mol. The standard InChI is InChI=1S/C16H21BrClN3/c1-3-8-19-16(13-11-12(18)5-6-14(13)17)15-7-9-20-21(15)10-4-2/h5-7,9,11,16,19H,3-4,8,10H2,1-2H3. The molecule has 21 heavy (non-hydrogen) atoms. The van der Waals surface area contributed by atoms with E-state index in [-0.39, 0.29) is 6.04 Å². The van der Waals surface area contributed by atoms with Crippen molar-refractivity contribution in [2.75, 3.05) is 6.54 Å². The Morgan fingerprint density at radius 1 is 1.29 bits per heavy atom. The molecule has 114 valence electrons. The highest BCUT2D eigenvalue weighted by Crippen LogP contribution is 2.31. The van der Waals surface area contributed by atoms with Crippen LogP contribution in [0.2, 0.25) is 5.02 Å². The molecule has 1 N–H and O–H groups in total. The summed E-state index contributed by atoms with van der Waals surface area (Å²) < 4.78 is 3.13. The third-order valence-electron chi connectivity index (χ3n) is 3.35. The molecule has 2 rings (SSSR count). The van der Waals surface area contributed by atoms with Gasteiger partial charge in [0.25, 0.3) is 0 Å². The Morgan fingerprint density at radius 2 is 2.10 bits per heavy atom. The van der Waals surface area contributed by atoms with Crippen LogP contribution in [0.15, 0.2) is 34.9 Å². The number of aromatic nitrogens is 2. The van der Waals surface area contributed by atoms with E-state index in [4.69, 9.17) is 11.6 Å². The molecule has 0 aliphatic carbocycles. The van der Waals surface area contributed by atoms with Gasteiger partial charge in [-0.25, -0.2) is 0 Å². The Morgan fingerprint density at radius 3 is 2.81 bits per heavy atom. The molecule has 0 bridgehead atoms. The van der Waals surface area contributed by atoms with Gasteiger partial charge in [0.1, 0.15) is 0 Å². The van der Waals surface area contributed by atoms with Crippen molar-refractivity contribution >= 4 is 27.5 Å². The van der Waals surface area contributed by atoms with Gasteiger partial charge in [0, 0.05) is 22.2 Å². The quantitative estimate of drug-likeness (QED) is 0.759. The molecule has 1 aromatic heterocycles. The van der Waals surface area contributed by atoms with Crippen LogP contribution in [0.3, 0.4) is 0 Å². The number of halogens is 2. The smallest absolute Gasteiger partial charge is 0.0759 e. The van der Waals surface area contributed by atoms with Crippen molar-refractivity contribution in [1.29, 1.82) is 0 Å². The average Bonchev–Trinajstić information content (AvgIpc) is 2.92. The van der Waals surface area contributed by atoms with Gasteiger partial charge in [-0.2, -0.15) is 5.10 Å². The van der Waals surface area contributed by atoms with Crippen LogP contribution in [0, 0.1) is 0 Å². The molecule has 0 saturated carbocycles. The number of nitrogens with one attached hydrogen (secondary N) is 1. The van der Waals surface area contributed by atoms with Crippen LogP contribution in [0.4, 0.5) is 0 Å². The van der Waals surface area contributed by atoms with Gasteiger partial charge in [-0.1, -0.05) is 41.4 Å². The molecule has 1 unspecified atom stereocenters. The van der Waals surface area contributed by atoms with Crippen LogP contribution in [0.5, 0.6) is 0 Å². The van der Waals surface area contributed by atoms with E-state index in [1.807, 2.05) is 24.4 Å². The summed E-state index contributed by atoms with van der Waals surface area (Å²) in [5.74, 6) is 0. The van der Waals surface area contributed by atoms with Gasteiger partial charge in [-0.15, -0.1) is 0 Å². The lowest BCUT2D eigenvalue weighted by Crippen LogP contribution is -2.26. The first kappa shape index (κ1) is 16.5. The molecule has 1 heterocycles. The lowest BCUT2D eigenvalue weighted by Gasteiger charge is -2.22. The Bertz CT molecular complexity index is 583. The predicted molar refractivity (Wildman–Crippen MR) is 91.8 cm³/mol. The van der Waals surface area contributed by atoms with E-state index in [0.717, 1.165) is 41.0 Å². The summed E-state index contributed by atoms with van der Waals surface area (Å²) >= 11 is 9.83. The second-order valence-electron chi connectivity index (χ2n) is 5.03. The van der Waals surface area contributed by atoms with Crippen molar-refractivity contribution in [3.8, 4) is 0 Å². The summed E-state index contributed by atoms with van der Waals surface area (Å²) in [7, 11) is 0. The van der Waals surface area contributed by atoms with Gasteiger partial charge in [0.15, 0.2) is 0 Å². The highest BCUT2D eigenvalue weighted by atomic mass is 79.9. The van der Waals surface area contributed by atoms with E-state index in [2.05, 4.69) is 50.9 Å². The topological polar surface area (TPSA) is 29.9 Å². The summed E-state index contributed by atoms with van der Waals surface area (Å²) in [6, 6.07) is 8.08. The zero-order chi connectivity index (χ0) is 15.2. The first-order valence-electron chi connectivity index (χ1n) is 7.37. The number of nitrogens with zero attached hydrogens (tertiary/aromatic N) is 2. The molecule has 0 amide bonds. The Kier molecular flexibility index (Phi) is 6.27. The summed E-state index contributed by atoms with van der Waals surface area (Å²) in [6.07, 6.45) is 4.01. The Labute approximate surface area is 139 Å². The predicted octanol–water partition coefficient (Wildman–Crippen LogP) is 4.80.